The van der Waals surface area contributed by atoms with Gasteiger partial charge in [-0.15, -0.1) is 0 Å². The van der Waals surface area contributed by atoms with E-state index in [1.54, 1.807) is 18.2 Å². The number of dihydropyridines is 1. The average molecular weight is 797 g/mol. The van der Waals surface area contributed by atoms with E-state index in [2.05, 4.69) is 34.4 Å². The maximum Gasteiger partial charge on any atom is 0.336 e. The first-order valence-electron chi connectivity index (χ1n) is 19.6. The SMILES string of the molecule is CCNCCOCc1ccccc1CCC1=C(C(=O)OC)C(c2c(Cl)cccc2Cl)C(C(=O)OC)=C(CC(=O)N2CCN(C3CC4CCC(C3)N4C)CC2)N1. The fourth-order valence-corrected chi connectivity index (χ4v) is 9.52. The molecule has 11 nitrogen and oxygen atoms in total. The monoisotopic (exact) mass is 795 g/mol. The number of nitrogens with one attached hydrogen (secondary N) is 2. The Bertz CT molecular complexity index is 1740. The second-order valence-electron chi connectivity index (χ2n) is 14.9. The van der Waals surface area contributed by atoms with Crippen molar-refractivity contribution in [2.45, 2.75) is 82.5 Å². The van der Waals surface area contributed by atoms with Crippen LogP contribution in [0.1, 0.15) is 68.1 Å². The zero-order valence-corrected chi connectivity index (χ0v) is 34.0. The minimum Gasteiger partial charge on any atom is -0.466 e. The van der Waals surface area contributed by atoms with Crippen molar-refractivity contribution in [3.05, 3.63) is 91.7 Å². The van der Waals surface area contributed by atoms with Crippen LogP contribution in [0.4, 0.5) is 0 Å². The summed E-state index contributed by atoms with van der Waals surface area (Å²) in [6.07, 6.45) is 5.69. The van der Waals surface area contributed by atoms with E-state index in [-0.39, 0.29) is 33.5 Å². The molecular formula is C42H55Cl2N5O6. The number of benzene rings is 2. The predicted octanol–water partition coefficient (Wildman–Crippen LogP) is 5.45. The number of allylic oxidation sites excluding steroid dienone is 1. The van der Waals surface area contributed by atoms with Crippen molar-refractivity contribution in [1.82, 2.24) is 25.3 Å². The Kier molecular flexibility index (Phi) is 14.3. The Balaban J connectivity index is 1.28. The van der Waals surface area contributed by atoms with Gasteiger partial charge in [0.05, 0.1) is 50.9 Å². The summed E-state index contributed by atoms with van der Waals surface area (Å²) in [5.41, 5.74) is 3.62. The van der Waals surface area contributed by atoms with Crippen molar-refractivity contribution in [3.8, 4) is 0 Å². The third kappa shape index (κ3) is 9.41. The van der Waals surface area contributed by atoms with Gasteiger partial charge in [-0.1, -0.05) is 60.5 Å². The van der Waals surface area contributed by atoms with Gasteiger partial charge in [0.25, 0.3) is 0 Å². The van der Waals surface area contributed by atoms with Gasteiger partial charge in [0.1, 0.15) is 0 Å². The third-order valence-electron chi connectivity index (χ3n) is 11.9. The number of fused-ring (bicyclic) bond motifs is 2. The van der Waals surface area contributed by atoms with Gasteiger partial charge in [-0.05, 0) is 75.4 Å². The number of hydrogen-bond donors (Lipinski definition) is 2. The van der Waals surface area contributed by atoms with Crippen molar-refractivity contribution in [3.63, 3.8) is 0 Å². The normalized spacial score (nSPS) is 23.2. The molecule has 2 bridgehead atoms. The maximum atomic E-state index is 14.2. The zero-order valence-electron chi connectivity index (χ0n) is 32.5. The van der Waals surface area contributed by atoms with Crippen LogP contribution in [0, 0.1) is 0 Å². The molecule has 2 aromatic rings. The molecule has 0 aliphatic carbocycles. The molecule has 55 heavy (non-hydrogen) atoms. The van der Waals surface area contributed by atoms with E-state index >= 15 is 0 Å². The molecule has 3 unspecified atom stereocenters. The molecule has 13 heteroatoms. The van der Waals surface area contributed by atoms with Crippen LogP contribution < -0.4 is 10.6 Å². The molecule has 3 saturated heterocycles. The number of esters is 2. The molecule has 298 valence electrons. The van der Waals surface area contributed by atoms with Gasteiger partial charge >= 0.3 is 11.9 Å². The lowest BCUT2D eigenvalue weighted by molar-refractivity contribution is -0.137. The summed E-state index contributed by atoms with van der Waals surface area (Å²) >= 11 is 13.7. The summed E-state index contributed by atoms with van der Waals surface area (Å²) in [6.45, 7) is 7.53. The summed E-state index contributed by atoms with van der Waals surface area (Å²) in [5.74, 6) is -2.51. The van der Waals surface area contributed by atoms with E-state index in [1.165, 1.54) is 39.9 Å². The highest BCUT2D eigenvalue weighted by Gasteiger charge is 2.43. The van der Waals surface area contributed by atoms with E-state index in [4.69, 9.17) is 37.4 Å². The first-order chi connectivity index (χ1) is 26.6. The van der Waals surface area contributed by atoms with Crippen LogP contribution >= 0.6 is 23.2 Å². The van der Waals surface area contributed by atoms with Gasteiger partial charge in [-0.25, -0.2) is 9.59 Å². The highest BCUT2D eigenvalue weighted by atomic mass is 35.5. The second kappa shape index (κ2) is 19.1. The number of carbonyl (C=O) groups excluding carboxylic acids is 3. The van der Waals surface area contributed by atoms with Crippen LogP contribution in [0.2, 0.25) is 10.0 Å². The lowest BCUT2D eigenvalue weighted by atomic mass is 9.78. The number of ether oxygens (including phenoxy) is 3. The molecule has 4 aliphatic rings. The summed E-state index contributed by atoms with van der Waals surface area (Å²) in [6, 6.07) is 14.9. The summed E-state index contributed by atoms with van der Waals surface area (Å²) in [7, 11) is 4.84. The largest absolute Gasteiger partial charge is 0.466 e. The van der Waals surface area contributed by atoms with E-state index in [0.29, 0.717) is 74.2 Å². The first-order valence-corrected chi connectivity index (χ1v) is 20.3. The molecule has 0 aromatic heterocycles. The van der Waals surface area contributed by atoms with Crippen LogP contribution in [0.5, 0.6) is 0 Å². The molecule has 0 radical (unpaired) electrons. The Morgan fingerprint density at radius 1 is 0.818 bits per heavy atom. The van der Waals surface area contributed by atoms with E-state index < -0.39 is 17.9 Å². The van der Waals surface area contributed by atoms with Crippen molar-refractivity contribution >= 4 is 41.0 Å². The fourth-order valence-electron chi connectivity index (χ4n) is 8.91. The summed E-state index contributed by atoms with van der Waals surface area (Å²) < 4.78 is 16.7. The van der Waals surface area contributed by atoms with Crippen LogP contribution in [0.25, 0.3) is 0 Å². The quantitative estimate of drug-likeness (QED) is 0.178. The summed E-state index contributed by atoms with van der Waals surface area (Å²) in [4.78, 5) is 48.9. The molecule has 0 saturated carbocycles. The Labute approximate surface area is 335 Å². The molecule has 2 aromatic carbocycles. The van der Waals surface area contributed by atoms with E-state index in [1.807, 2.05) is 29.2 Å². The minimum absolute atomic E-state index is 0.102. The van der Waals surface area contributed by atoms with Crippen LogP contribution in [-0.2, 0) is 41.6 Å². The average Bonchev–Trinajstić information content (AvgIpc) is 3.38. The number of aryl methyl sites for hydroxylation is 1. The number of halogens is 2. The Hall–Kier alpha value is -3.45. The number of amides is 1. The van der Waals surface area contributed by atoms with Gasteiger partial charge in [0.2, 0.25) is 5.91 Å². The van der Waals surface area contributed by atoms with E-state index in [9.17, 15) is 14.4 Å². The third-order valence-corrected chi connectivity index (χ3v) is 12.6. The number of nitrogens with zero attached hydrogens (tertiary/aromatic N) is 3. The molecule has 3 atom stereocenters. The van der Waals surface area contributed by atoms with E-state index in [0.717, 1.165) is 37.3 Å². The first kappa shape index (κ1) is 41.2. The second-order valence-corrected chi connectivity index (χ2v) is 15.7. The number of rotatable bonds is 15. The number of piperidine rings is 1. The van der Waals surface area contributed by atoms with Gasteiger partial charge < -0.3 is 34.6 Å². The molecule has 6 rings (SSSR count). The summed E-state index contributed by atoms with van der Waals surface area (Å²) in [5, 5.41) is 7.21. The minimum atomic E-state index is -1.05. The van der Waals surface area contributed by atoms with Crippen molar-refractivity contribution in [2.24, 2.45) is 0 Å². The van der Waals surface area contributed by atoms with Crippen molar-refractivity contribution in [1.29, 1.82) is 0 Å². The van der Waals surface area contributed by atoms with Gasteiger partial charge in [0, 0.05) is 77.9 Å². The van der Waals surface area contributed by atoms with Crippen molar-refractivity contribution in [2.75, 3.05) is 67.1 Å². The number of likely N-dealkylation sites (N-methyl/N-ethyl adjacent to an activating group) is 1. The highest BCUT2D eigenvalue weighted by Crippen LogP contribution is 2.46. The molecule has 3 fully saturated rings. The highest BCUT2D eigenvalue weighted by molar-refractivity contribution is 6.36. The number of piperazine rings is 1. The van der Waals surface area contributed by atoms with Gasteiger partial charge in [0.15, 0.2) is 0 Å². The van der Waals surface area contributed by atoms with Gasteiger partial charge in [-0.3, -0.25) is 9.69 Å². The zero-order chi connectivity index (χ0) is 39.1. The molecule has 0 spiro atoms. The van der Waals surface area contributed by atoms with Crippen LogP contribution in [-0.4, -0.2) is 118 Å². The van der Waals surface area contributed by atoms with Crippen LogP contribution in [0.15, 0.2) is 65.0 Å². The van der Waals surface area contributed by atoms with Crippen LogP contribution in [0.3, 0.4) is 0 Å². The molecule has 2 N–H and O–H groups in total. The number of methoxy groups -OCH3 is 2. The lowest BCUT2D eigenvalue weighted by Gasteiger charge is -2.45. The topological polar surface area (TPSA) is 113 Å². The number of carbonyl (C=O) groups is 3. The Morgan fingerprint density at radius 2 is 1.44 bits per heavy atom. The molecule has 4 heterocycles. The van der Waals surface area contributed by atoms with Gasteiger partial charge in [-0.2, -0.15) is 0 Å². The lowest BCUT2D eigenvalue weighted by Crippen LogP contribution is -2.56. The smallest absolute Gasteiger partial charge is 0.336 e. The maximum absolute atomic E-state index is 14.2. The molecular weight excluding hydrogens is 741 g/mol. The molecule has 1 amide bonds. The Morgan fingerprint density at radius 3 is 2.05 bits per heavy atom. The predicted molar refractivity (Wildman–Crippen MR) is 214 cm³/mol. The fraction of sp³-hybridized carbons (Fsp3) is 0.548. The standard InChI is InChI=1S/C42H55Cl2N5O6/c1-5-45-17-22-55-26-28-10-7-6-9-27(28)13-16-34-38(41(51)53-3)40(37-32(43)11-8-12-33(37)44)39(42(52)54-4)35(46-34)25-36(50)49-20-18-48(19-21-49)31-23-29-14-15-30(24-31)47(29)2/h6-12,29-31,40,45-46H,5,13-26H2,1-4H3. The number of hydrogen-bond acceptors (Lipinski definition) is 10. The van der Waals surface area contributed by atoms with Crippen molar-refractivity contribution < 1.29 is 28.6 Å². The molecule has 4 aliphatic heterocycles.